The van der Waals surface area contributed by atoms with E-state index in [1.165, 1.54) is 0 Å². The van der Waals surface area contributed by atoms with Crippen molar-refractivity contribution in [3.8, 4) is 0 Å². The maximum atomic E-state index is 11.0. The molecule has 0 aliphatic rings. The molecular weight excluding hydrogens is 604 g/mol. The van der Waals surface area contributed by atoms with Crippen LogP contribution in [0.1, 0.15) is 23.3 Å². The van der Waals surface area contributed by atoms with Gasteiger partial charge in [-0.3, -0.25) is 9.11 Å². The highest BCUT2D eigenvalue weighted by molar-refractivity contribution is 7.86. The Kier molecular flexibility index (Phi) is 10.1. The molecule has 4 aromatic rings. The third-order valence-electron chi connectivity index (χ3n) is 6.41. The van der Waals surface area contributed by atoms with Gasteiger partial charge in [0, 0.05) is 52.2 Å². The molecule has 0 saturated carbocycles. The standard InChI is InChI=1S/C29H31ClN2O6S3/c1-32(15-3-17-41(36,37)38)26-12-9-23(10-13-26)29(28-18-24-8-11-25(30)19-27(24)39-28)22-6-4-21(5-7-22)20-31-14-2-16-40(33,34)35/h4-13,18-20,31H,2-3,14-17H2,1H3,(H,33,34,35)(H,36,37,38). The first kappa shape index (κ1) is 31.0. The molecule has 4 rings (SSSR count). The van der Waals surface area contributed by atoms with E-state index < -0.39 is 20.2 Å². The van der Waals surface area contributed by atoms with Crippen LogP contribution in [0.3, 0.4) is 0 Å². The van der Waals surface area contributed by atoms with Gasteiger partial charge in [-0.15, -0.1) is 11.3 Å². The Balaban J connectivity index is 1.65. The van der Waals surface area contributed by atoms with Crippen molar-refractivity contribution in [2.75, 3.05) is 36.5 Å². The van der Waals surface area contributed by atoms with Gasteiger partial charge in [0.1, 0.15) is 0 Å². The van der Waals surface area contributed by atoms with E-state index in [1.54, 1.807) is 11.3 Å². The summed E-state index contributed by atoms with van der Waals surface area (Å²) in [4.78, 5) is 3.03. The van der Waals surface area contributed by atoms with Crippen molar-refractivity contribution in [2.24, 2.45) is 0 Å². The van der Waals surface area contributed by atoms with Crippen molar-refractivity contribution >= 4 is 70.7 Å². The zero-order valence-electron chi connectivity index (χ0n) is 22.3. The van der Waals surface area contributed by atoms with Gasteiger partial charge in [-0.1, -0.05) is 54.1 Å². The van der Waals surface area contributed by atoms with Gasteiger partial charge in [0.15, 0.2) is 0 Å². The molecule has 0 radical (unpaired) electrons. The molecule has 0 saturated heterocycles. The summed E-state index contributed by atoms with van der Waals surface area (Å²) in [5, 5.41) is 6.79. The van der Waals surface area contributed by atoms with Crippen LogP contribution in [0.2, 0.25) is 5.02 Å². The van der Waals surface area contributed by atoms with Gasteiger partial charge >= 0.3 is 0 Å². The van der Waals surface area contributed by atoms with Crippen LogP contribution >= 0.6 is 22.9 Å². The molecule has 0 bridgehead atoms. The fourth-order valence-corrected chi connectivity index (χ4v) is 6.80. The van der Waals surface area contributed by atoms with E-state index >= 15 is 0 Å². The zero-order valence-corrected chi connectivity index (χ0v) is 25.5. The number of rotatable bonds is 12. The summed E-state index contributed by atoms with van der Waals surface area (Å²) in [6, 6.07) is 24.1. The molecule has 0 aliphatic heterocycles. The molecule has 1 heterocycles. The Morgan fingerprint density at radius 3 is 2.22 bits per heavy atom. The van der Waals surface area contributed by atoms with Crippen LogP contribution in [0.5, 0.6) is 0 Å². The Morgan fingerprint density at radius 1 is 0.902 bits per heavy atom. The number of hydrogen-bond acceptors (Lipinski definition) is 7. The second kappa shape index (κ2) is 13.4. The van der Waals surface area contributed by atoms with E-state index in [0.717, 1.165) is 42.2 Å². The van der Waals surface area contributed by atoms with Crippen LogP contribution in [0.25, 0.3) is 21.9 Å². The third kappa shape index (κ3) is 9.29. The number of benzene rings is 3. The molecule has 41 heavy (non-hydrogen) atoms. The second-order valence-electron chi connectivity index (χ2n) is 9.64. The molecule has 3 aromatic carbocycles. The van der Waals surface area contributed by atoms with Gasteiger partial charge < -0.3 is 10.2 Å². The van der Waals surface area contributed by atoms with Gasteiger partial charge in [-0.05, 0) is 64.6 Å². The van der Waals surface area contributed by atoms with Crippen molar-refractivity contribution < 1.29 is 25.9 Å². The first-order valence-electron chi connectivity index (χ1n) is 12.8. The predicted molar refractivity (Wildman–Crippen MR) is 168 cm³/mol. The number of nitrogens with zero attached hydrogens (tertiary/aromatic N) is 1. The lowest BCUT2D eigenvalue weighted by atomic mass is 10.00. The SMILES string of the molecule is CN(CCCS(=O)(=O)O)c1ccc(C(c2cc3ccc(Cl)cc3s2)=c2ccc(=CNCCCS(=O)(=O)O)cc2)cc1. The normalized spacial score (nSPS) is 11.9. The van der Waals surface area contributed by atoms with Gasteiger partial charge in [0.2, 0.25) is 0 Å². The number of fused-ring (bicyclic) bond motifs is 1. The quantitative estimate of drug-likeness (QED) is 0.157. The van der Waals surface area contributed by atoms with Gasteiger partial charge in [-0.2, -0.15) is 16.8 Å². The summed E-state index contributed by atoms with van der Waals surface area (Å²) in [7, 11) is -6.07. The summed E-state index contributed by atoms with van der Waals surface area (Å²) >= 11 is 7.90. The van der Waals surface area contributed by atoms with E-state index in [4.69, 9.17) is 20.7 Å². The maximum Gasteiger partial charge on any atom is 0.264 e. The number of hydrogen-bond donors (Lipinski definition) is 3. The molecule has 12 heteroatoms. The fraction of sp³-hybridized carbons (Fsp3) is 0.241. The summed E-state index contributed by atoms with van der Waals surface area (Å²) < 4.78 is 62.8. The molecule has 218 valence electrons. The fourth-order valence-electron chi connectivity index (χ4n) is 4.37. The summed E-state index contributed by atoms with van der Waals surface area (Å²) in [6.45, 7) is 0.897. The van der Waals surface area contributed by atoms with Crippen LogP contribution in [-0.2, 0) is 20.2 Å². The monoisotopic (exact) mass is 634 g/mol. The van der Waals surface area contributed by atoms with Crippen molar-refractivity contribution in [1.82, 2.24) is 5.32 Å². The van der Waals surface area contributed by atoms with Crippen molar-refractivity contribution in [3.63, 3.8) is 0 Å². The lowest BCUT2D eigenvalue weighted by molar-refractivity contribution is 0.479. The Labute approximate surface area is 249 Å². The highest BCUT2D eigenvalue weighted by Gasteiger charge is 2.13. The average Bonchev–Trinajstić information content (AvgIpc) is 3.31. The molecular formula is C29H31ClN2O6S3. The van der Waals surface area contributed by atoms with Crippen LogP contribution in [0.15, 0.2) is 72.8 Å². The molecule has 0 aliphatic carbocycles. The minimum absolute atomic E-state index is 0.281. The highest BCUT2D eigenvalue weighted by Crippen LogP contribution is 2.34. The minimum atomic E-state index is -3.99. The van der Waals surface area contributed by atoms with Crippen LogP contribution < -0.4 is 20.7 Å². The first-order chi connectivity index (χ1) is 19.4. The lowest BCUT2D eigenvalue weighted by Gasteiger charge is -2.19. The van der Waals surface area contributed by atoms with Crippen molar-refractivity contribution in [3.05, 3.63) is 98.7 Å². The molecule has 0 atom stereocenters. The second-order valence-corrected chi connectivity index (χ2v) is 14.3. The van der Waals surface area contributed by atoms with E-state index in [0.29, 0.717) is 31.0 Å². The summed E-state index contributed by atoms with van der Waals surface area (Å²) in [5.74, 6) is -0.568. The smallest absolute Gasteiger partial charge is 0.264 e. The lowest BCUT2D eigenvalue weighted by Crippen LogP contribution is -2.21. The van der Waals surface area contributed by atoms with Gasteiger partial charge in [0.25, 0.3) is 20.2 Å². The maximum absolute atomic E-state index is 11.0. The van der Waals surface area contributed by atoms with Gasteiger partial charge in [0.05, 0.1) is 11.5 Å². The van der Waals surface area contributed by atoms with E-state index in [-0.39, 0.29) is 11.5 Å². The summed E-state index contributed by atoms with van der Waals surface area (Å²) in [5.41, 5.74) is 2.99. The predicted octanol–water partition coefficient (Wildman–Crippen LogP) is 4.12. The molecule has 0 fully saturated rings. The van der Waals surface area contributed by atoms with E-state index in [9.17, 15) is 16.8 Å². The Morgan fingerprint density at radius 2 is 1.56 bits per heavy atom. The largest absolute Gasteiger partial charge is 0.390 e. The molecule has 8 nitrogen and oxygen atoms in total. The minimum Gasteiger partial charge on any atom is -0.390 e. The van der Waals surface area contributed by atoms with Crippen molar-refractivity contribution in [1.29, 1.82) is 0 Å². The Bertz CT molecular complexity index is 1830. The number of halogens is 1. The molecule has 0 spiro atoms. The number of thiophene rings is 1. The van der Waals surface area contributed by atoms with E-state index in [1.807, 2.05) is 84.9 Å². The van der Waals surface area contributed by atoms with Crippen LogP contribution in [-0.4, -0.2) is 57.6 Å². The Hall–Kier alpha value is -2.93. The van der Waals surface area contributed by atoms with Gasteiger partial charge in [-0.25, -0.2) is 0 Å². The number of nitrogens with one attached hydrogen (secondary N) is 1. The first-order valence-corrected chi connectivity index (χ1v) is 17.2. The van der Waals surface area contributed by atoms with E-state index in [2.05, 4.69) is 11.4 Å². The van der Waals surface area contributed by atoms with Crippen LogP contribution in [0.4, 0.5) is 5.69 Å². The molecule has 3 N–H and O–H groups in total. The van der Waals surface area contributed by atoms with Crippen molar-refractivity contribution in [2.45, 2.75) is 12.8 Å². The summed E-state index contributed by atoms with van der Waals surface area (Å²) in [6.07, 6.45) is 2.42. The average molecular weight is 635 g/mol. The van der Waals surface area contributed by atoms with Crippen LogP contribution in [0, 0.1) is 0 Å². The molecule has 0 unspecified atom stereocenters. The topological polar surface area (TPSA) is 124 Å². The highest BCUT2D eigenvalue weighted by atomic mass is 35.5. The molecule has 0 amide bonds. The third-order valence-corrected chi connectivity index (χ3v) is 9.37. The molecule has 1 aromatic heterocycles. The number of anilines is 1. The zero-order chi connectivity index (χ0) is 29.6.